The Kier molecular flexibility index (Phi) is 5.22. The van der Waals surface area contributed by atoms with Gasteiger partial charge in [-0.3, -0.25) is 4.79 Å². The van der Waals surface area contributed by atoms with Crippen molar-refractivity contribution in [1.82, 2.24) is 5.32 Å². The normalized spacial score (nSPS) is 11.8. The maximum absolute atomic E-state index is 11.8. The van der Waals surface area contributed by atoms with E-state index in [1.807, 2.05) is 18.2 Å². The molecule has 0 saturated carbocycles. The zero-order chi connectivity index (χ0) is 16.1. The summed E-state index contributed by atoms with van der Waals surface area (Å²) < 4.78 is 10.1. The highest BCUT2D eigenvalue weighted by atomic mass is 35.5. The van der Waals surface area contributed by atoms with Crippen molar-refractivity contribution in [2.75, 3.05) is 7.11 Å². The number of carbonyl (C=O) groups is 2. The van der Waals surface area contributed by atoms with E-state index in [9.17, 15) is 9.59 Å². The number of benzene rings is 1. The fraction of sp³-hybridized carbons (Fsp3) is 0.250. The van der Waals surface area contributed by atoms with Gasteiger partial charge in [0.2, 0.25) is 5.91 Å². The van der Waals surface area contributed by atoms with E-state index in [0.29, 0.717) is 10.8 Å². The number of halogens is 1. The molecule has 6 heteroatoms. The first kappa shape index (κ1) is 16.1. The number of nitrogens with one attached hydrogen (secondary N) is 1. The summed E-state index contributed by atoms with van der Waals surface area (Å²) in [5.41, 5.74) is 1.57. The standard InChI is InChI=1S/C16H16ClNO4/c1-10(19)18-14(16(20)21-2)9-12-8-11(5-6-13(12)17)15-4-3-7-22-15/h3-8,14H,9H2,1-2H3,(H,18,19). The molecule has 1 atom stereocenters. The van der Waals surface area contributed by atoms with Gasteiger partial charge in [0.25, 0.3) is 0 Å². The first-order valence-electron chi connectivity index (χ1n) is 6.68. The molecule has 0 radical (unpaired) electrons. The molecule has 0 fully saturated rings. The molecule has 116 valence electrons. The minimum atomic E-state index is -0.785. The summed E-state index contributed by atoms with van der Waals surface area (Å²) in [5.74, 6) is -0.129. The lowest BCUT2D eigenvalue weighted by Gasteiger charge is -2.16. The predicted octanol–water partition coefficient (Wildman–Crippen LogP) is 2.82. The van der Waals surface area contributed by atoms with Crippen LogP contribution in [0.25, 0.3) is 11.3 Å². The summed E-state index contributed by atoms with van der Waals surface area (Å²) in [6, 6.07) is 8.23. The van der Waals surface area contributed by atoms with Crippen molar-refractivity contribution in [3.63, 3.8) is 0 Å². The fourth-order valence-electron chi connectivity index (χ4n) is 2.13. The quantitative estimate of drug-likeness (QED) is 0.860. The van der Waals surface area contributed by atoms with Crippen molar-refractivity contribution in [3.8, 4) is 11.3 Å². The van der Waals surface area contributed by atoms with Crippen LogP contribution < -0.4 is 5.32 Å². The Hall–Kier alpha value is -2.27. The lowest BCUT2D eigenvalue weighted by Crippen LogP contribution is -2.42. The average Bonchev–Trinajstić information content (AvgIpc) is 3.01. The maximum atomic E-state index is 11.8. The lowest BCUT2D eigenvalue weighted by atomic mass is 10.0. The molecule has 0 spiro atoms. The number of furan rings is 1. The molecule has 1 aromatic heterocycles. The third-order valence-electron chi connectivity index (χ3n) is 3.14. The van der Waals surface area contributed by atoms with Gasteiger partial charge in [0.15, 0.2) is 0 Å². The smallest absolute Gasteiger partial charge is 0.328 e. The van der Waals surface area contributed by atoms with E-state index < -0.39 is 12.0 Å². The summed E-state index contributed by atoms with van der Waals surface area (Å²) >= 11 is 6.19. The first-order chi connectivity index (χ1) is 10.5. The van der Waals surface area contributed by atoms with Crippen LogP contribution in [0.3, 0.4) is 0 Å². The Morgan fingerprint density at radius 3 is 2.73 bits per heavy atom. The molecule has 1 N–H and O–H groups in total. The van der Waals surface area contributed by atoms with Gasteiger partial charge in [0.05, 0.1) is 13.4 Å². The summed E-state index contributed by atoms with van der Waals surface area (Å²) in [6.07, 6.45) is 1.82. The van der Waals surface area contributed by atoms with E-state index in [-0.39, 0.29) is 12.3 Å². The van der Waals surface area contributed by atoms with Crippen molar-refractivity contribution in [3.05, 3.63) is 47.2 Å². The second-order valence-corrected chi connectivity index (χ2v) is 5.17. The van der Waals surface area contributed by atoms with E-state index in [2.05, 4.69) is 5.32 Å². The zero-order valence-electron chi connectivity index (χ0n) is 12.3. The number of amides is 1. The van der Waals surface area contributed by atoms with Crippen LogP contribution in [-0.4, -0.2) is 25.0 Å². The van der Waals surface area contributed by atoms with Crippen LogP contribution in [0.5, 0.6) is 0 Å². The number of ether oxygens (including phenoxy) is 1. The number of hydrogen-bond donors (Lipinski definition) is 1. The SMILES string of the molecule is COC(=O)C(Cc1cc(-c2ccco2)ccc1Cl)NC(C)=O. The Balaban J connectivity index is 2.28. The van der Waals surface area contributed by atoms with Gasteiger partial charge in [-0.05, 0) is 35.9 Å². The van der Waals surface area contributed by atoms with Gasteiger partial charge in [-0.2, -0.15) is 0 Å². The molecule has 5 nitrogen and oxygen atoms in total. The van der Waals surface area contributed by atoms with E-state index >= 15 is 0 Å². The van der Waals surface area contributed by atoms with E-state index in [1.54, 1.807) is 18.4 Å². The largest absolute Gasteiger partial charge is 0.467 e. The van der Waals surface area contributed by atoms with E-state index in [0.717, 1.165) is 11.1 Å². The summed E-state index contributed by atoms with van der Waals surface area (Å²) in [5, 5.41) is 3.07. The number of rotatable bonds is 5. The highest BCUT2D eigenvalue weighted by molar-refractivity contribution is 6.31. The number of carbonyl (C=O) groups excluding carboxylic acids is 2. The van der Waals surface area contributed by atoms with Crippen LogP contribution in [0.4, 0.5) is 0 Å². The van der Waals surface area contributed by atoms with Gasteiger partial charge in [0, 0.05) is 23.9 Å². The molecule has 0 saturated heterocycles. The molecule has 1 aromatic carbocycles. The molecule has 2 rings (SSSR count). The summed E-state index contributed by atoms with van der Waals surface area (Å²) in [6.45, 7) is 1.34. The molecular weight excluding hydrogens is 306 g/mol. The van der Waals surface area contributed by atoms with Gasteiger partial charge in [-0.15, -0.1) is 0 Å². The van der Waals surface area contributed by atoms with Crippen molar-refractivity contribution in [2.24, 2.45) is 0 Å². The van der Waals surface area contributed by atoms with Crippen LogP contribution in [0.15, 0.2) is 41.0 Å². The van der Waals surface area contributed by atoms with Gasteiger partial charge in [-0.1, -0.05) is 11.6 Å². The predicted molar refractivity (Wildman–Crippen MR) is 82.5 cm³/mol. The van der Waals surface area contributed by atoms with Crippen LogP contribution in [0, 0.1) is 0 Å². The van der Waals surface area contributed by atoms with Crippen molar-refractivity contribution >= 4 is 23.5 Å². The van der Waals surface area contributed by atoms with Crippen molar-refractivity contribution in [2.45, 2.75) is 19.4 Å². The molecule has 0 bridgehead atoms. The lowest BCUT2D eigenvalue weighted by molar-refractivity contribution is -0.144. The van der Waals surface area contributed by atoms with Crippen LogP contribution in [0.2, 0.25) is 5.02 Å². The molecule has 1 unspecified atom stereocenters. The van der Waals surface area contributed by atoms with Gasteiger partial charge < -0.3 is 14.5 Å². The monoisotopic (exact) mass is 321 g/mol. The maximum Gasteiger partial charge on any atom is 0.328 e. The Labute approximate surface area is 133 Å². The van der Waals surface area contributed by atoms with E-state index in [1.165, 1.54) is 14.0 Å². The Morgan fingerprint density at radius 1 is 1.36 bits per heavy atom. The number of esters is 1. The van der Waals surface area contributed by atoms with Crippen LogP contribution in [-0.2, 0) is 20.7 Å². The summed E-state index contributed by atoms with van der Waals surface area (Å²) in [7, 11) is 1.28. The van der Waals surface area contributed by atoms with Crippen molar-refractivity contribution in [1.29, 1.82) is 0 Å². The second-order valence-electron chi connectivity index (χ2n) is 4.76. The summed E-state index contributed by atoms with van der Waals surface area (Å²) in [4.78, 5) is 23.0. The topological polar surface area (TPSA) is 68.5 Å². The molecule has 0 aliphatic heterocycles. The molecule has 1 heterocycles. The van der Waals surface area contributed by atoms with Crippen LogP contribution in [0.1, 0.15) is 12.5 Å². The Bertz CT molecular complexity index is 667. The minimum absolute atomic E-state index is 0.236. The van der Waals surface area contributed by atoms with Gasteiger partial charge in [0.1, 0.15) is 11.8 Å². The highest BCUT2D eigenvalue weighted by Gasteiger charge is 2.22. The van der Waals surface area contributed by atoms with Gasteiger partial charge >= 0.3 is 5.97 Å². The van der Waals surface area contributed by atoms with Crippen LogP contribution >= 0.6 is 11.6 Å². The number of methoxy groups -OCH3 is 1. The third-order valence-corrected chi connectivity index (χ3v) is 3.51. The molecule has 0 aliphatic rings. The molecule has 0 aliphatic carbocycles. The molecule has 1 amide bonds. The van der Waals surface area contributed by atoms with E-state index in [4.69, 9.17) is 20.8 Å². The fourth-order valence-corrected chi connectivity index (χ4v) is 2.32. The average molecular weight is 322 g/mol. The van der Waals surface area contributed by atoms with Crippen molar-refractivity contribution < 1.29 is 18.7 Å². The van der Waals surface area contributed by atoms with Gasteiger partial charge in [-0.25, -0.2) is 4.79 Å². The molecule has 2 aromatic rings. The zero-order valence-corrected chi connectivity index (χ0v) is 13.0. The second kappa shape index (κ2) is 7.13. The Morgan fingerprint density at radius 2 is 2.14 bits per heavy atom. The first-order valence-corrected chi connectivity index (χ1v) is 7.06. The molecular formula is C16H16ClNO4. The number of hydrogen-bond acceptors (Lipinski definition) is 4. The third kappa shape index (κ3) is 3.89. The highest BCUT2D eigenvalue weighted by Crippen LogP contribution is 2.26. The molecule has 22 heavy (non-hydrogen) atoms. The minimum Gasteiger partial charge on any atom is -0.467 e.